The summed E-state index contributed by atoms with van der Waals surface area (Å²) in [6.07, 6.45) is 3.30. The SMILES string of the molecule is COC(=O)c1ccnc(N2CCC(C(C)=O)CC2)c1. The summed E-state index contributed by atoms with van der Waals surface area (Å²) in [5, 5.41) is 0. The second-order valence-corrected chi connectivity index (χ2v) is 4.77. The van der Waals surface area contributed by atoms with E-state index in [1.807, 2.05) is 0 Å². The first-order valence-corrected chi connectivity index (χ1v) is 6.41. The number of Topliss-reactive ketones (excluding diaryl/α,β-unsaturated/α-hetero) is 1. The van der Waals surface area contributed by atoms with Gasteiger partial charge in [0, 0.05) is 25.2 Å². The predicted octanol–water partition coefficient (Wildman–Crippen LogP) is 1.67. The third kappa shape index (κ3) is 3.10. The normalized spacial score (nSPS) is 16.2. The Morgan fingerprint density at radius 2 is 2.05 bits per heavy atom. The number of piperidine rings is 1. The maximum atomic E-state index is 11.5. The van der Waals surface area contributed by atoms with Crippen LogP contribution in [0.5, 0.6) is 0 Å². The first-order valence-electron chi connectivity index (χ1n) is 6.41. The van der Waals surface area contributed by atoms with Crippen molar-refractivity contribution < 1.29 is 14.3 Å². The van der Waals surface area contributed by atoms with Crippen molar-refractivity contribution in [3.63, 3.8) is 0 Å². The number of aromatic nitrogens is 1. The molecular weight excluding hydrogens is 244 g/mol. The van der Waals surface area contributed by atoms with Gasteiger partial charge in [0.15, 0.2) is 0 Å². The number of carbonyl (C=O) groups excluding carboxylic acids is 2. The van der Waals surface area contributed by atoms with Gasteiger partial charge in [-0.1, -0.05) is 0 Å². The minimum atomic E-state index is -0.359. The highest BCUT2D eigenvalue weighted by Gasteiger charge is 2.23. The lowest BCUT2D eigenvalue weighted by Crippen LogP contribution is -2.36. The Hall–Kier alpha value is -1.91. The molecule has 0 unspecified atom stereocenters. The molecule has 0 N–H and O–H groups in total. The standard InChI is InChI=1S/C14H18N2O3/c1-10(17)11-4-7-16(8-5-11)13-9-12(3-6-15-13)14(18)19-2/h3,6,9,11H,4-5,7-8H2,1-2H3. The van der Waals surface area contributed by atoms with Crippen LogP contribution in [0.3, 0.4) is 0 Å². The summed E-state index contributed by atoms with van der Waals surface area (Å²) in [6, 6.07) is 3.37. The average Bonchev–Trinajstić information content (AvgIpc) is 2.46. The third-order valence-electron chi connectivity index (χ3n) is 3.56. The number of nitrogens with zero attached hydrogens (tertiary/aromatic N) is 2. The zero-order valence-electron chi connectivity index (χ0n) is 11.3. The molecule has 0 amide bonds. The zero-order valence-corrected chi connectivity index (χ0v) is 11.3. The van der Waals surface area contributed by atoms with Gasteiger partial charge in [0.1, 0.15) is 11.6 Å². The molecule has 19 heavy (non-hydrogen) atoms. The molecule has 5 nitrogen and oxygen atoms in total. The summed E-state index contributed by atoms with van der Waals surface area (Å²) < 4.78 is 4.70. The van der Waals surface area contributed by atoms with Gasteiger partial charge in [-0.2, -0.15) is 0 Å². The second-order valence-electron chi connectivity index (χ2n) is 4.77. The number of carbonyl (C=O) groups is 2. The third-order valence-corrected chi connectivity index (χ3v) is 3.56. The van der Waals surface area contributed by atoms with E-state index in [-0.39, 0.29) is 17.7 Å². The van der Waals surface area contributed by atoms with Crippen molar-refractivity contribution in [2.75, 3.05) is 25.1 Å². The fraction of sp³-hybridized carbons (Fsp3) is 0.500. The molecule has 2 rings (SSSR count). The van der Waals surface area contributed by atoms with Crippen LogP contribution in [0.15, 0.2) is 18.3 Å². The van der Waals surface area contributed by atoms with Gasteiger partial charge < -0.3 is 9.64 Å². The number of rotatable bonds is 3. The Morgan fingerprint density at radius 1 is 1.37 bits per heavy atom. The topological polar surface area (TPSA) is 59.5 Å². The summed E-state index contributed by atoms with van der Waals surface area (Å²) in [6.45, 7) is 3.24. The van der Waals surface area contributed by atoms with Crippen LogP contribution in [0, 0.1) is 5.92 Å². The molecule has 0 aliphatic carbocycles. The summed E-state index contributed by atoms with van der Waals surface area (Å²) in [5.74, 6) is 0.836. The van der Waals surface area contributed by atoms with Crippen LogP contribution in [-0.4, -0.2) is 36.9 Å². The molecule has 1 aliphatic rings. The van der Waals surface area contributed by atoms with Crippen LogP contribution in [0.1, 0.15) is 30.1 Å². The molecular formula is C14H18N2O3. The van der Waals surface area contributed by atoms with Gasteiger partial charge in [0.2, 0.25) is 0 Å². The molecule has 1 fully saturated rings. The van der Waals surface area contributed by atoms with Gasteiger partial charge in [-0.25, -0.2) is 9.78 Å². The largest absolute Gasteiger partial charge is 0.465 e. The van der Waals surface area contributed by atoms with Crippen molar-refractivity contribution in [3.8, 4) is 0 Å². The molecule has 0 bridgehead atoms. The van der Waals surface area contributed by atoms with E-state index in [1.165, 1.54) is 7.11 Å². The summed E-state index contributed by atoms with van der Waals surface area (Å²) in [7, 11) is 1.36. The molecule has 0 atom stereocenters. The minimum Gasteiger partial charge on any atom is -0.465 e. The summed E-state index contributed by atoms with van der Waals surface area (Å²) >= 11 is 0. The molecule has 0 radical (unpaired) electrons. The van der Waals surface area contributed by atoms with Crippen LogP contribution in [-0.2, 0) is 9.53 Å². The molecule has 1 aliphatic heterocycles. The molecule has 5 heteroatoms. The first-order chi connectivity index (χ1) is 9.11. The molecule has 0 saturated carbocycles. The lowest BCUT2D eigenvalue weighted by Gasteiger charge is -2.31. The van der Waals surface area contributed by atoms with Crippen LogP contribution < -0.4 is 4.90 Å². The maximum absolute atomic E-state index is 11.5. The van der Waals surface area contributed by atoms with Crippen molar-refractivity contribution in [2.24, 2.45) is 5.92 Å². The van der Waals surface area contributed by atoms with Crippen molar-refractivity contribution >= 4 is 17.6 Å². The van der Waals surface area contributed by atoms with Gasteiger partial charge >= 0.3 is 5.97 Å². The molecule has 102 valence electrons. The smallest absolute Gasteiger partial charge is 0.338 e. The van der Waals surface area contributed by atoms with E-state index in [9.17, 15) is 9.59 Å². The van der Waals surface area contributed by atoms with Crippen LogP contribution >= 0.6 is 0 Å². The van der Waals surface area contributed by atoms with Crippen molar-refractivity contribution in [1.82, 2.24) is 4.98 Å². The van der Waals surface area contributed by atoms with Crippen molar-refractivity contribution in [3.05, 3.63) is 23.9 Å². The molecule has 1 aromatic heterocycles. The van der Waals surface area contributed by atoms with Crippen molar-refractivity contribution in [1.29, 1.82) is 0 Å². The quantitative estimate of drug-likeness (QED) is 0.775. The molecule has 0 aromatic carbocycles. The van der Waals surface area contributed by atoms with Gasteiger partial charge in [-0.05, 0) is 31.9 Å². The van der Waals surface area contributed by atoms with E-state index in [4.69, 9.17) is 4.74 Å². The Kier molecular flexibility index (Phi) is 4.14. The fourth-order valence-corrected chi connectivity index (χ4v) is 2.35. The summed E-state index contributed by atoms with van der Waals surface area (Å²) in [4.78, 5) is 29.2. The molecule has 2 heterocycles. The number of pyridine rings is 1. The molecule has 1 aromatic rings. The first kappa shape index (κ1) is 13.5. The number of hydrogen-bond donors (Lipinski definition) is 0. The van der Waals surface area contributed by atoms with Crippen LogP contribution in [0.2, 0.25) is 0 Å². The Labute approximate surface area is 112 Å². The van der Waals surface area contributed by atoms with E-state index in [1.54, 1.807) is 25.3 Å². The Balaban J connectivity index is 2.07. The average molecular weight is 262 g/mol. The van der Waals surface area contributed by atoms with E-state index in [0.29, 0.717) is 5.56 Å². The van der Waals surface area contributed by atoms with Crippen molar-refractivity contribution in [2.45, 2.75) is 19.8 Å². The number of hydrogen-bond acceptors (Lipinski definition) is 5. The van der Waals surface area contributed by atoms with Gasteiger partial charge in [-0.3, -0.25) is 4.79 Å². The summed E-state index contributed by atoms with van der Waals surface area (Å²) in [5.41, 5.74) is 0.501. The van der Waals surface area contributed by atoms with E-state index >= 15 is 0 Å². The number of ether oxygens (including phenoxy) is 1. The fourth-order valence-electron chi connectivity index (χ4n) is 2.35. The Morgan fingerprint density at radius 3 is 2.63 bits per heavy atom. The predicted molar refractivity (Wildman–Crippen MR) is 71.2 cm³/mol. The minimum absolute atomic E-state index is 0.167. The number of ketones is 1. The molecule has 0 spiro atoms. The van der Waals surface area contributed by atoms with Gasteiger partial charge in [0.25, 0.3) is 0 Å². The van der Waals surface area contributed by atoms with Gasteiger partial charge in [-0.15, -0.1) is 0 Å². The lowest BCUT2D eigenvalue weighted by molar-refractivity contribution is -0.121. The van der Waals surface area contributed by atoms with E-state index in [2.05, 4.69) is 9.88 Å². The Bertz CT molecular complexity index is 479. The number of esters is 1. The lowest BCUT2D eigenvalue weighted by atomic mass is 9.93. The van der Waals surface area contributed by atoms with E-state index in [0.717, 1.165) is 31.7 Å². The highest BCUT2D eigenvalue weighted by atomic mass is 16.5. The zero-order chi connectivity index (χ0) is 13.8. The maximum Gasteiger partial charge on any atom is 0.338 e. The number of methoxy groups -OCH3 is 1. The van der Waals surface area contributed by atoms with E-state index < -0.39 is 0 Å². The monoisotopic (exact) mass is 262 g/mol. The second kappa shape index (κ2) is 5.82. The highest BCUT2D eigenvalue weighted by Crippen LogP contribution is 2.23. The van der Waals surface area contributed by atoms with Crippen LogP contribution in [0.4, 0.5) is 5.82 Å². The van der Waals surface area contributed by atoms with Gasteiger partial charge in [0.05, 0.1) is 12.7 Å². The number of anilines is 1. The highest BCUT2D eigenvalue weighted by molar-refractivity contribution is 5.90. The van der Waals surface area contributed by atoms with Crippen LogP contribution in [0.25, 0.3) is 0 Å². The molecule has 1 saturated heterocycles.